The van der Waals surface area contributed by atoms with Gasteiger partial charge in [-0.2, -0.15) is 0 Å². The van der Waals surface area contributed by atoms with Crippen molar-refractivity contribution in [2.75, 3.05) is 19.0 Å². The van der Waals surface area contributed by atoms with Crippen molar-refractivity contribution in [2.24, 2.45) is 5.41 Å². The molecule has 0 atom stereocenters. The Labute approximate surface area is 133 Å². The third-order valence-corrected chi connectivity index (χ3v) is 3.11. The molecule has 0 aliphatic rings. The van der Waals surface area contributed by atoms with E-state index in [4.69, 9.17) is 9.26 Å². The average molecular weight is 322 g/mol. The fraction of sp³-hybridized carbons (Fsp3) is 0.375. The quantitative estimate of drug-likeness (QED) is 0.874. The number of methoxy groups -OCH3 is 1. The zero-order valence-electron chi connectivity index (χ0n) is 13.4. The third-order valence-electron chi connectivity index (χ3n) is 3.11. The van der Waals surface area contributed by atoms with Gasteiger partial charge in [-0.05, 0) is 23.6 Å². The smallest absolute Gasteiger partial charge is 0.343 e. The van der Waals surface area contributed by atoms with Gasteiger partial charge in [0.05, 0.1) is 7.11 Å². The van der Waals surface area contributed by atoms with Crippen LogP contribution in [0.3, 0.4) is 0 Å². The van der Waals surface area contributed by atoms with Gasteiger partial charge < -0.3 is 19.7 Å². The minimum absolute atomic E-state index is 0.000519. The van der Waals surface area contributed by atoms with Crippen LogP contribution in [0.1, 0.15) is 31.1 Å². The number of aromatic carboxylic acids is 1. The first-order valence-corrected chi connectivity index (χ1v) is 7.03. The standard InChI is InChI=1S/C16H19FN2O4/c1-16(2,3)8-18-14-12(15(20)21)13(23-19-14)9-5-6-10(17)11(7-9)22-4/h5-7H,8H2,1-4H3,(H,18,19)(H,20,21). The zero-order valence-corrected chi connectivity index (χ0v) is 13.4. The highest BCUT2D eigenvalue weighted by Crippen LogP contribution is 2.32. The number of nitrogens with one attached hydrogen (secondary N) is 1. The van der Waals surface area contributed by atoms with Crippen molar-refractivity contribution in [1.29, 1.82) is 0 Å². The van der Waals surface area contributed by atoms with Crippen molar-refractivity contribution in [2.45, 2.75) is 20.8 Å². The lowest BCUT2D eigenvalue weighted by atomic mass is 9.97. The lowest BCUT2D eigenvalue weighted by Crippen LogP contribution is -2.20. The van der Waals surface area contributed by atoms with Crippen molar-refractivity contribution in [1.82, 2.24) is 5.16 Å². The Kier molecular flexibility index (Phi) is 4.58. The SMILES string of the molecule is COc1cc(-c2onc(NCC(C)(C)C)c2C(=O)O)ccc1F. The van der Waals surface area contributed by atoms with E-state index >= 15 is 0 Å². The molecule has 0 spiro atoms. The van der Waals surface area contributed by atoms with Crippen LogP contribution in [0.5, 0.6) is 5.75 Å². The van der Waals surface area contributed by atoms with Crippen LogP contribution in [0.25, 0.3) is 11.3 Å². The molecular weight excluding hydrogens is 303 g/mol. The van der Waals surface area contributed by atoms with Gasteiger partial charge in [0.25, 0.3) is 0 Å². The summed E-state index contributed by atoms with van der Waals surface area (Å²) in [7, 11) is 1.33. The molecule has 23 heavy (non-hydrogen) atoms. The van der Waals surface area contributed by atoms with E-state index in [0.29, 0.717) is 12.1 Å². The first-order valence-electron chi connectivity index (χ1n) is 7.03. The third kappa shape index (κ3) is 3.80. The molecule has 0 saturated carbocycles. The van der Waals surface area contributed by atoms with Gasteiger partial charge in [-0.3, -0.25) is 0 Å². The Morgan fingerprint density at radius 2 is 2.13 bits per heavy atom. The maximum atomic E-state index is 13.5. The summed E-state index contributed by atoms with van der Waals surface area (Å²) >= 11 is 0. The number of carbonyl (C=O) groups is 1. The van der Waals surface area contributed by atoms with E-state index in [2.05, 4.69) is 10.5 Å². The summed E-state index contributed by atoms with van der Waals surface area (Å²) in [5, 5.41) is 16.2. The fourth-order valence-corrected chi connectivity index (χ4v) is 1.96. The molecule has 0 unspecified atom stereocenters. The fourth-order valence-electron chi connectivity index (χ4n) is 1.96. The highest BCUT2D eigenvalue weighted by Gasteiger charge is 2.25. The van der Waals surface area contributed by atoms with E-state index in [0.717, 1.165) is 0 Å². The molecule has 0 radical (unpaired) electrons. The average Bonchev–Trinajstić information content (AvgIpc) is 2.89. The van der Waals surface area contributed by atoms with Gasteiger partial charge in [0.1, 0.15) is 0 Å². The number of benzene rings is 1. The molecule has 2 N–H and O–H groups in total. The molecule has 124 valence electrons. The van der Waals surface area contributed by atoms with Gasteiger partial charge in [0, 0.05) is 12.1 Å². The van der Waals surface area contributed by atoms with Gasteiger partial charge in [0.2, 0.25) is 0 Å². The molecule has 0 saturated heterocycles. The Hall–Kier alpha value is -2.57. The molecule has 2 aromatic rings. The van der Waals surface area contributed by atoms with E-state index in [-0.39, 0.29) is 28.3 Å². The number of hydrogen-bond acceptors (Lipinski definition) is 5. The van der Waals surface area contributed by atoms with Crippen LogP contribution in [-0.2, 0) is 0 Å². The number of carboxylic acid groups (broad SMARTS) is 1. The normalized spacial score (nSPS) is 11.3. The molecule has 1 aromatic carbocycles. The number of ether oxygens (including phenoxy) is 1. The summed E-state index contributed by atoms with van der Waals surface area (Å²) in [6, 6.07) is 3.97. The lowest BCUT2D eigenvalue weighted by molar-refractivity contribution is 0.0698. The highest BCUT2D eigenvalue weighted by molar-refractivity contribution is 5.99. The second-order valence-corrected chi connectivity index (χ2v) is 6.30. The highest BCUT2D eigenvalue weighted by atomic mass is 19.1. The number of nitrogens with zero attached hydrogens (tertiary/aromatic N) is 1. The minimum atomic E-state index is -1.18. The molecule has 0 fully saturated rings. The summed E-state index contributed by atoms with van der Waals surface area (Å²) in [6.45, 7) is 6.54. The lowest BCUT2D eigenvalue weighted by Gasteiger charge is -2.18. The summed E-state index contributed by atoms with van der Waals surface area (Å²) in [5.74, 6) is -1.53. The largest absolute Gasteiger partial charge is 0.494 e. The van der Waals surface area contributed by atoms with Gasteiger partial charge in [-0.25, -0.2) is 9.18 Å². The van der Waals surface area contributed by atoms with Crippen LogP contribution >= 0.6 is 0 Å². The number of rotatable bonds is 5. The Balaban J connectivity index is 2.43. The van der Waals surface area contributed by atoms with Crippen LogP contribution in [0.4, 0.5) is 10.2 Å². The topological polar surface area (TPSA) is 84.6 Å². The van der Waals surface area contributed by atoms with E-state index in [1.54, 1.807) is 0 Å². The molecule has 6 nitrogen and oxygen atoms in total. The zero-order chi connectivity index (χ0) is 17.2. The molecule has 7 heteroatoms. The molecule has 0 amide bonds. The Morgan fingerprint density at radius 1 is 1.43 bits per heavy atom. The van der Waals surface area contributed by atoms with Gasteiger partial charge in [-0.15, -0.1) is 0 Å². The maximum absolute atomic E-state index is 13.5. The van der Waals surface area contributed by atoms with Crippen LogP contribution in [0, 0.1) is 11.2 Å². The number of halogens is 1. The molecule has 1 aromatic heterocycles. The van der Waals surface area contributed by atoms with Crippen molar-refractivity contribution < 1.29 is 23.6 Å². The Bertz CT molecular complexity index is 719. The molecule has 0 aliphatic heterocycles. The van der Waals surface area contributed by atoms with Crippen LogP contribution < -0.4 is 10.1 Å². The number of aromatic nitrogens is 1. The predicted molar refractivity (Wildman–Crippen MR) is 83.4 cm³/mol. The summed E-state index contributed by atoms with van der Waals surface area (Å²) in [4.78, 5) is 11.6. The maximum Gasteiger partial charge on any atom is 0.343 e. The monoisotopic (exact) mass is 322 g/mol. The van der Waals surface area contributed by atoms with Gasteiger partial charge in [-0.1, -0.05) is 25.9 Å². The van der Waals surface area contributed by atoms with Crippen LogP contribution in [-0.4, -0.2) is 29.9 Å². The Morgan fingerprint density at radius 3 is 2.70 bits per heavy atom. The predicted octanol–water partition coefficient (Wildman–Crippen LogP) is 3.65. The molecule has 1 heterocycles. The van der Waals surface area contributed by atoms with E-state index in [1.165, 1.54) is 25.3 Å². The van der Waals surface area contributed by atoms with E-state index < -0.39 is 11.8 Å². The molecule has 2 rings (SSSR count). The molecular formula is C16H19FN2O4. The molecule has 0 aliphatic carbocycles. The number of hydrogen-bond donors (Lipinski definition) is 2. The molecule has 0 bridgehead atoms. The second-order valence-electron chi connectivity index (χ2n) is 6.30. The number of anilines is 1. The van der Waals surface area contributed by atoms with Crippen LogP contribution in [0.2, 0.25) is 0 Å². The second kappa shape index (κ2) is 6.28. The van der Waals surface area contributed by atoms with Crippen molar-refractivity contribution in [3.63, 3.8) is 0 Å². The van der Waals surface area contributed by atoms with E-state index in [9.17, 15) is 14.3 Å². The van der Waals surface area contributed by atoms with E-state index in [1.807, 2.05) is 20.8 Å². The first-order chi connectivity index (χ1) is 10.7. The summed E-state index contributed by atoms with van der Waals surface area (Å²) < 4.78 is 23.6. The summed E-state index contributed by atoms with van der Waals surface area (Å²) in [6.07, 6.45) is 0. The van der Waals surface area contributed by atoms with Gasteiger partial charge >= 0.3 is 5.97 Å². The van der Waals surface area contributed by atoms with Crippen molar-refractivity contribution >= 4 is 11.8 Å². The van der Waals surface area contributed by atoms with Crippen LogP contribution in [0.15, 0.2) is 22.7 Å². The minimum Gasteiger partial charge on any atom is -0.494 e. The number of carboxylic acids is 1. The van der Waals surface area contributed by atoms with Crippen molar-refractivity contribution in [3.05, 3.63) is 29.6 Å². The summed E-state index contributed by atoms with van der Waals surface area (Å²) in [5.41, 5.74) is 0.216. The first kappa shape index (κ1) is 16.8. The van der Waals surface area contributed by atoms with Gasteiger partial charge in [0.15, 0.2) is 28.7 Å². The van der Waals surface area contributed by atoms with Crippen molar-refractivity contribution in [3.8, 4) is 17.1 Å².